The number of sulfonamides is 1. The molecule has 8 nitrogen and oxygen atoms in total. The molecule has 2 N–H and O–H groups in total. The molecule has 0 radical (unpaired) electrons. The lowest BCUT2D eigenvalue weighted by Crippen LogP contribution is -2.35. The summed E-state index contributed by atoms with van der Waals surface area (Å²) in [4.78, 5) is 28.1. The number of aromatic nitrogens is 1. The van der Waals surface area contributed by atoms with Crippen LogP contribution in [0.1, 0.15) is 0 Å². The fraction of sp³-hybridized carbons (Fsp3) is 0.188. The van der Waals surface area contributed by atoms with Gasteiger partial charge < -0.3 is 10.6 Å². The zero-order valence-electron chi connectivity index (χ0n) is 13.8. The number of carbonyl (C=O) groups is 2. The molecule has 0 spiro atoms. The third-order valence-corrected chi connectivity index (χ3v) is 6.46. The molecule has 0 saturated heterocycles. The minimum Gasteiger partial charge on any atom is -0.324 e. The average Bonchev–Trinajstić information content (AvgIpc) is 2.61. The Morgan fingerprint density at radius 2 is 2.19 bits per heavy atom. The number of nitrogens with one attached hydrogen (secondary N) is 2. The fourth-order valence-corrected chi connectivity index (χ4v) is 4.39. The van der Waals surface area contributed by atoms with Crippen LogP contribution in [0.5, 0.6) is 0 Å². The predicted molar refractivity (Wildman–Crippen MR) is 98.5 cm³/mol. The summed E-state index contributed by atoms with van der Waals surface area (Å²) >= 11 is 1.27. The largest absolute Gasteiger partial charge is 0.324 e. The fourth-order valence-electron chi connectivity index (χ4n) is 2.32. The molecule has 1 aromatic heterocycles. The second-order valence-corrected chi connectivity index (χ2v) is 8.61. The van der Waals surface area contributed by atoms with Gasteiger partial charge in [0.2, 0.25) is 21.8 Å². The Labute approximate surface area is 155 Å². The maximum atomic E-state index is 12.7. The molecule has 26 heavy (non-hydrogen) atoms. The number of amides is 2. The number of anilines is 2. The van der Waals surface area contributed by atoms with E-state index in [1.54, 1.807) is 24.4 Å². The summed E-state index contributed by atoms with van der Waals surface area (Å²) in [6, 6.07) is 7.80. The minimum atomic E-state index is -3.84. The normalized spacial score (nSPS) is 13.8. The Bertz CT molecular complexity index is 948. The second-order valence-electron chi connectivity index (χ2n) is 5.55. The van der Waals surface area contributed by atoms with Crippen molar-refractivity contribution in [2.45, 2.75) is 9.79 Å². The lowest BCUT2D eigenvalue weighted by atomic mass is 10.3. The highest BCUT2D eigenvalue weighted by atomic mass is 32.2. The second kappa shape index (κ2) is 7.44. The molecule has 0 aliphatic carbocycles. The summed E-state index contributed by atoms with van der Waals surface area (Å²) in [6.45, 7) is -0.335. The lowest BCUT2D eigenvalue weighted by molar-refractivity contribution is -0.116. The Balaban J connectivity index is 1.73. The molecule has 0 atom stereocenters. The van der Waals surface area contributed by atoms with Gasteiger partial charge in [0.15, 0.2) is 0 Å². The number of benzene rings is 1. The van der Waals surface area contributed by atoms with Gasteiger partial charge in [-0.1, -0.05) is 0 Å². The predicted octanol–water partition coefficient (Wildman–Crippen LogP) is 1.38. The molecular formula is C16H16N4O4S2. The van der Waals surface area contributed by atoms with Gasteiger partial charge >= 0.3 is 0 Å². The van der Waals surface area contributed by atoms with Gasteiger partial charge in [-0.2, -0.15) is 4.31 Å². The summed E-state index contributed by atoms with van der Waals surface area (Å²) in [5, 5.41) is 5.28. The van der Waals surface area contributed by atoms with Gasteiger partial charge in [-0.15, -0.1) is 11.8 Å². The van der Waals surface area contributed by atoms with Gasteiger partial charge in [-0.3, -0.25) is 14.6 Å². The number of hydrogen-bond donors (Lipinski definition) is 2. The van der Waals surface area contributed by atoms with E-state index in [2.05, 4.69) is 15.6 Å². The van der Waals surface area contributed by atoms with E-state index in [1.165, 1.54) is 37.1 Å². The van der Waals surface area contributed by atoms with Gasteiger partial charge in [0, 0.05) is 18.1 Å². The van der Waals surface area contributed by atoms with E-state index in [4.69, 9.17) is 0 Å². The first-order valence-corrected chi connectivity index (χ1v) is 10.0. The molecule has 3 rings (SSSR count). The van der Waals surface area contributed by atoms with Gasteiger partial charge in [-0.25, -0.2) is 8.42 Å². The number of rotatable bonds is 5. The number of thioether (sulfide) groups is 1. The molecule has 1 aliphatic rings. The number of pyridine rings is 1. The van der Waals surface area contributed by atoms with Crippen molar-refractivity contribution in [2.75, 3.05) is 30.0 Å². The SMILES string of the molecule is CN(CC(=O)Nc1cccnc1)S(=O)(=O)c1ccc2c(c1)SCC(=O)N2. The third-order valence-electron chi connectivity index (χ3n) is 3.61. The van der Waals surface area contributed by atoms with Crippen LogP contribution in [0.3, 0.4) is 0 Å². The van der Waals surface area contributed by atoms with Crippen LogP contribution in [0, 0.1) is 0 Å². The van der Waals surface area contributed by atoms with Crippen molar-refractivity contribution >= 4 is 45.0 Å². The van der Waals surface area contributed by atoms with Crippen LogP contribution in [0.25, 0.3) is 0 Å². The summed E-state index contributed by atoms with van der Waals surface area (Å²) in [6.07, 6.45) is 3.05. The molecule has 1 aromatic carbocycles. The van der Waals surface area contributed by atoms with E-state index in [9.17, 15) is 18.0 Å². The molecule has 0 unspecified atom stereocenters. The van der Waals surface area contributed by atoms with Crippen molar-refractivity contribution in [3.05, 3.63) is 42.7 Å². The van der Waals surface area contributed by atoms with Crippen molar-refractivity contribution in [3.8, 4) is 0 Å². The number of nitrogens with zero attached hydrogens (tertiary/aromatic N) is 2. The maximum absolute atomic E-state index is 12.7. The van der Waals surface area contributed by atoms with E-state index in [1.807, 2.05) is 0 Å². The van der Waals surface area contributed by atoms with E-state index < -0.39 is 15.9 Å². The lowest BCUT2D eigenvalue weighted by Gasteiger charge is -2.20. The summed E-state index contributed by atoms with van der Waals surface area (Å²) < 4.78 is 26.4. The molecule has 1 aliphatic heterocycles. The van der Waals surface area contributed by atoms with E-state index in [0.717, 1.165) is 4.31 Å². The summed E-state index contributed by atoms with van der Waals surface area (Å²) in [7, 11) is -2.50. The van der Waals surface area contributed by atoms with Crippen molar-refractivity contribution in [1.82, 2.24) is 9.29 Å². The number of carbonyl (C=O) groups excluding carboxylic acids is 2. The standard InChI is InChI=1S/C16H16N4O4S2/c1-20(9-15(21)18-11-3-2-6-17-8-11)26(23,24)12-4-5-13-14(7-12)25-10-16(22)19-13/h2-8H,9-10H2,1H3,(H,18,21)(H,19,22). The number of hydrogen-bond acceptors (Lipinski definition) is 6. The van der Waals surface area contributed by atoms with Gasteiger partial charge in [-0.05, 0) is 30.3 Å². The molecular weight excluding hydrogens is 376 g/mol. The minimum absolute atomic E-state index is 0.0663. The van der Waals surface area contributed by atoms with Crippen LogP contribution in [-0.4, -0.2) is 48.9 Å². The molecule has 0 saturated carbocycles. The van der Waals surface area contributed by atoms with E-state index in [0.29, 0.717) is 16.3 Å². The number of fused-ring (bicyclic) bond motifs is 1. The first-order chi connectivity index (χ1) is 12.4. The molecule has 136 valence electrons. The van der Waals surface area contributed by atoms with Gasteiger partial charge in [0.1, 0.15) is 0 Å². The van der Waals surface area contributed by atoms with Crippen molar-refractivity contribution in [3.63, 3.8) is 0 Å². The van der Waals surface area contributed by atoms with Gasteiger partial charge in [0.05, 0.1) is 34.8 Å². The topological polar surface area (TPSA) is 108 Å². The highest BCUT2D eigenvalue weighted by Gasteiger charge is 2.25. The molecule has 2 heterocycles. The van der Waals surface area contributed by atoms with Crippen molar-refractivity contribution in [2.24, 2.45) is 0 Å². The van der Waals surface area contributed by atoms with E-state index >= 15 is 0 Å². The first-order valence-electron chi connectivity index (χ1n) is 7.59. The Morgan fingerprint density at radius 1 is 1.38 bits per heavy atom. The Kier molecular flexibility index (Phi) is 5.25. The van der Waals surface area contributed by atoms with Crippen LogP contribution >= 0.6 is 11.8 Å². The highest BCUT2D eigenvalue weighted by molar-refractivity contribution is 8.00. The highest BCUT2D eigenvalue weighted by Crippen LogP contribution is 2.33. The van der Waals surface area contributed by atoms with Crippen LogP contribution in [0.15, 0.2) is 52.5 Å². The smallest absolute Gasteiger partial charge is 0.243 e. The Hall–Kier alpha value is -2.43. The third kappa shape index (κ3) is 4.03. The average molecular weight is 392 g/mol. The molecule has 2 amide bonds. The first kappa shape index (κ1) is 18.4. The summed E-state index contributed by atoms with van der Waals surface area (Å²) in [5.74, 6) is -0.356. The molecule has 10 heteroatoms. The maximum Gasteiger partial charge on any atom is 0.243 e. The molecule has 2 aromatic rings. The number of likely N-dealkylation sites (N-methyl/N-ethyl adjacent to an activating group) is 1. The monoisotopic (exact) mass is 392 g/mol. The summed E-state index contributed by atoms with van der Waals surface area (Å²) in [5.41, 5.74) is 1.08. The molecule has 0 bridgehead atoms. The van der Waals surface area contributed by atoms with Gasteiger partial charge in [0.25, 0.3) is 0 Å². The van der Waals surface area contributed by atoms with E-state index in [-0.39, 0.29) is 23.1 Å². The van der Waals surface area contributed by atoms with Crippen LogP contribution in [0.4, 0.5) is 11.4 Å². The van der Waals surface area contributed by atoms with Crippen molar-refractivity contribution in [1.29, 1.82) is 0 Å². The van der Waals surface area contributed by atoms with Crippen LogP contribution in [-0.2, 0) is 19.6 Å². The molecule has 0 fully saturated rings. The van der Waals surface area contributed by atoms with Crippen LogP contribution < -0.4 is 10.6 Å². The Morgan fingerprint density at radius 3 is 2.92 bits per heavy atom. The zero-order valence-corrected chi connectivity index (χ0v) is 15.4. The van der Waals surface area contributed by atoms with Crippen molar-refractivity contribution < 1.29 is 18.0 Å². The quantitative estimate of drug-likeness (QED) is 0.796. The van der Waals surface area contributed by atoms with Crippen LogP contribution in [0.2, 0.25) is 0 Å². The zero-order chi connectivity index (χ0) is 18.7.